The van der Waals surface area contributed by atoms with Gasteiger partial charge >= 0.3 is 0 Å². The first-order valence-electron chi connectivity index (χ1n) is 7.76. The van der Waals surface area contributed by atoms with Gasteiger partial charge in [-0.05, 0) is 48.9 Å². The number of likely N-dealkylation sites (N-methyl/N-ethyl adjacent to an activating group) is 1. The summed E-state index contributed by atoms with van der Waals surface area (Å²) in [5.41, 5.74) is 2.00. The number of aromatic nitrogens is 1. The maximum atomic E-state index is 13.5. The lowest BCUT2D eigenvalue weighted by atomic mass is 10.1. The molecule has 0 fully saturated rings. The summed E-state index contributed by atoms with van der Waals surface area (Å²) in [6.07, 6.45) is 0.0751. The van der Waals surface area contributed by atoms with Crippen molar-refractivity contribution in [3.8, 4) is 5.75 Å². The third-order valence-electron chi connectivity index (χ3n) is 4.21. The molecule has 0 aliphatic carbocycles. The fourth-order valence-corrected chi connectivity index (χ4v) is 2.96. The third-order valence-corrected chi connectivity index (χ3v) is 4.21. The van der Waals surface area contributed by atoms with E-state index in [1.165, 1.54) is 48.0 Å². The standard InChI is InChI=1S/C19H17FN2O3/c1-11-15(10-18(24)21-2)16-9-14(23)6-7-17(16)22(11)19(25)12-4-3-5-13(20)8-12/h3-9,23H,10H2,1-2H3,(H,21,24). The summed E-state index contributed by atoms with van der Waals surface area (Å²) >= 11 is 0. The van der Waals surface area contributed by atoms with E-state index < -0.39 is 11.7 Å². The average molecular weight is 340 g/mol. The summed E-state index contributed by atoms with van der Waals surface area (Å²) in [5.74, 6) is -1.05. The maximum absolute atomic E-state index is 13.5. The molecule has 5 nitrogen and oxygen atoms in total. The molecule has 6 heteroatoms. The number of amides is 1. The molecular weight excluding hydrogens is 323 g/mol. The van der Waals surface area contributed by atoms with Gasteiger partial charge in [-0.3, -0.25) is 14.2 Å². The zero-order chi connectivity index (χ0) is 18.1. The highest BCUT2D eigenvalue weighted by molar-refractivity contribution is 6.05. The predicted molar refractivity (Wildman–Crippen MR) is 92.2 cm³/mol. The van der Waals surface area contributed by atoms with Crippen molar-refractivity contribution >= 4 is 22.7 Å². The topological polar surface area (TPSA) is 71.3 Å². The molecule has 3 aromatic rings. The van der Waals surface area contributed by atoms with Crippen LogP contribution in [0.25, 0.3) is 10.9 Å². The molecule has 0 radical (unpaired) electrons. The van der Waals surface area contributed by atoms with Crippen molar-refractivity contribution in [2.24, 2.45) is 0 Å². The monoisotopic (exact) mass is 340 g/mol. The van der Waals surface area contributed by atoms with Gasteiger partial charge in [0.1, 0.15) is 11.6 Å². The summed E-state index contributed by atoms with van der Waals surface area (Å²) in [5, 5.41) is 13.0. The van der Waals surface area contributed by atoms with E-state index >= 15 is 0 Å². The zero-order valence-corrected chi connectivity index (χ0v) is 13.8. The van der Waals surface area contributed by atoms with Gasteiger partial charge in [0, 0.05) is 23.7 Å². The second-order valence-electron chi connectivity index (χ2n) is 5.77. The van der Waals surface area contributed by atoms with Crippen LogP contribution in [0.3, 0.4) is 0 Å². The van der Waals surface area contributed by atoms with E-state index in [0.717, 1.165) is 0 Å². The van der Waals surface area contributed by atoms with Crippen molar-refractivity contribution in [3.05, 3.63) is 65.1 Å². The third kappa shape index (κ3) is 2.98. The second-order valence-corrected chi connectivity index (χ2v) is 5.77. The van der Waals surface area contributed by atoms with Crippen LogP contribution in [0.15, 0.2) is 42.5 Å². The van der Waals surface area contributed by atoms with Crippen LogP contribution in [0, 0.1) is 12.7 Å². The van der Waals surface area contributed by atoms with E-state index in [1.54, 1.807) is 13.0 Å². The van der Waals surface area contributed by atoms with Crippen molar-refractivity contribution in [2.45, 2.75) is 13.3 Å². The lowest BCUT2D eigenvalue weighted by Gasteiger charge is -2.08. The van der Waals surface area contributed by atoms with Crippen LogP contribution in [0.1, 0.15) is 21.6 Å². The molecule has 0 saturated carbocycles. The molecule has 0 aliphatic rings. The molecule has 1 amide bonds. The number of carbonyl (C=O) groups is 2. The Morgan fingerprint density at radius 3 is 2.64 bits per heavy atom. The Bertz CT molecular complexity index is 992. The van der Waals surface area contributed by atoms with Crippen LogP contribution in [0.2, 0.25) is 0 Å². The van der Waals surface area contributed by atoms with Crippen LogP contribution < -0.4 is 5.32 Å². The Morgan fingerprint density at radius 1 is 1.20 bits per heavy atom. The molecule has 3 rings (SSSR count). The minimum atomic E-state index is -0.497. The van der Waals surface area contributed by atoms with Gasteiger partial charge in [-0.1, -0.05) is 6.07 Å². The molecule has 0 atom stereocenters. The second kappa shape index (κ2) is 6.39. The summed E-state index contributed by atoms with van der Waals surface area (Å²) in [4.78, 5) is 24.8. The minimum Gasteiger partial charge on any atom is -0.508 e. The lowest BCUT2D eigenvalue weighted by Crippen LogP contribution is -2.20. The number of benzene rings is 2. The van der Waals surface area contributed by atoms with Crippen LogP contribution >= 0.6 is 0 Å². The Balaban J connectivity index is 2.23. The van der Waals surface area contributed by atoms with E-state index in [-0.39, 0.29) is 23.6 Å². The van der Waals surface area contributed by atoms with E-state index in [0.29, 0.717) is 22.2 Å². The molecule has 2 aromatic carbocycles. The SMILES string of the molecule is CNC(=O)Cc1c(C)n(C(=O)c2cccc(F)c2)c2ccc(O)cc12. The largest absolute Gasteiger partial charge is 0.508 e. The number of rotatable bonds is 3. The Labute approximate surface area is 143 Å². The van der Waals surface area contributed by atoms with E-state index in [4.69, 9.17) is 0 Å². The molecule has 25 heavy (non-hydrogen) atoms. The van der Waals surface area contributed by atoms with Crippen molar-refractivity contribution in [1.82, 2.24) is 9.88 Å². The number of phenolic OH excluding ortho intramolecular Hbond substituents is 1. The van der Waals surface area contributed by atoms with Crippen LogP contribution in [-0.2, 0) is 11.2 Å². The minimum absolute atomic E-state index is 0.0426. The van der Waals surface area contributed by atoms with Crippen LogP contribution in [0.4, 0.5) is 4.39 Å². The fourth-order valence-electron chi connectivity index (χ4n) is 2.96. The number of carbonyl (C=O) groups excluding carboxylic acids is 2. The number of nitrogens with zero attached hydrogens (tertiary/aromatic N) is 1. The van der Waals surface area contributed by atoms with Gasteiger partial charge in [0.2, 0.25) is 5.91 Å². The number of nitrogens with one attached hydrogen (secondary N) is 1. The highest BCUT2D eigenvalue weighted by Crippen LogP contribution is 2.30. The molecule has 0 bridgehead atoms. The molecular formula is C19H17FN2O3. The number of hydrogen-bond donors (Lipinski definition) is 2. The van der Waals surface area contributed by atoms with Crippen molar-refractivity contribution in [3.63, 3.8) is 0 Å². The maximum Gasteiger partial charge on any atom is 0.262 e. The smallest absolute Gasteiger partial charge is 0.262 e. The van der Waals surface area contributed by atoms with Gasteiger partial charge in [-0.15, -0.1) is 0 Å². The molecule has 0 saturated heterocycles. The Hall–Kier alpha value is -3.15. The molecule has 1 aromatic heterocycles. The number of phenols is 1. The molecule has 0 unspecified atom stereocenters. The van der Waals surface area contributed by atoms with E-state index in [9.17, 15) is 19.1 Å². The first kappa shape index (κ1) is 16.7. The van der Waals surface area contributed by atoms with Crippen LogP contribution in [0.5, 0.6) is 5.75 Å². The lowest BCUT2D eigenvalue weighted by molar-refractivity contribution is -0.119. The first-order chi connectivity index (χ1) is 11.9. The van der Waals surface area contributed by atoms with Gasteiger partial charge in [0.05, 0.1) is 11.9 Å². The summed E-state index contributed by atoms with van der Waals surface area (Å²) in [6.45, 7) is 1.73. The highest BCUT2D eigenvalue weighted by Gasteiger charge is 2.21. The van der Waals surface area contributed by atoms with Gasteiger partial charge < -0.3 is 10.4 Å². The summed E-state index contributed by atoms with van der Waals surface area (Å²) in [6, 6.07) is 10.1. The first-order valence-corrected chi connectivity index (χ1v) is 7.76. The number of halogens is 1. The molecule has 0 aliphatic heterocycles. The molecule has 2 N–H and O–H groups in total. The fraction of sp³-hybridized carbons (Fsp3) is 0.158. The van der Waals surface area contributed by atoms with Crippen molar-refractivity contribution in [2.75, 3.05) is 7.05 Å². The van der Waals surface area contributed by atoms with Gasteiger partial charge in [0.15, 0.2) is 0 Å². The molecule has 128 valence electrons. The number of fused-ring (bicyclic) bond motifs is 1. The van der Waals surface area contributed by atoms with Crippen molar-refractivity contribution < 1.29 is 19.1 Å². The Kier molecular flexibility index (Phi) is 4.27. The Morgan fingerprint density at radius 2 is 1.96 bits per heavy atom. The summed E-state index contributed by atoms with van der Waals surface area (Å²) in [7, 11) is 1.53. The quantitative estimate of drug-likeness (QED) is 0.770. The summed E-state index contributed by atoms with van der Waals surface area (Å²) < 4.78 is 14.9. The van der Waals surface area contributed by atoms with E-state index in [1.807, 2.05) is 0 Å². The average Bonchev–Trinajstić information content (AvgIpc) is 2.85. The normalized spacial score (nSPS) is 10.8. The van der Waals surface area contributed by atoms with Crippen LogP contribution in [-0.4, -0.2) is 28.5 Å². The number of aromatic hydroxyl groups is 1. The van der Waals surface area contributed by atoms with Crippen molar-refractivity contribution in [1.29, 1.82) is 0 Å². The van der Waals surface area contributed by atoms with Gasteiger partial charge in [-0.2, -0.15) is 0 Å². The zero-order valence-electron chi connectivity index (χ0n) is 13.8. The van der Waals surface area contributed by atoms with Gasteiger partial charge in [0.25, 0.3) is 5.91 Å². The number of hydrogen-bond acceptors (Lipinski definition) is 3. The molecule has 0 spiro atoms. The predicted octanol–water partition coefficient (Wildman–Crippen LogP) is 2.77. The van der Waals surface area contributed by atoms with Gasteiger partial charge in [-0.25, -0.2) is 4.39 Å². The highest BCUT2D eigenvalue weighted by atomic mass is 19.1. The van der Waals surface area contributed by atoms with E-state index in [2.05, 4.69) is 5.32 Å². The molecule has 1 heterocycles.